The summed E-state index contributed by atoms with van der Waals surface area (Å²) in [7, 11) is 1.57. The fourth-order valence-electron chi connectivity index (χ4n) is 2.86. The predicted molar refractivity (Wildman–Crippen MR) is 95.0 cm³/mol. The third kappa shape index (κ3) is 3.59. The van der Waals surface area contributed by atoms with Crippen LogP contribution in [-0.4, -0.2) is 24.9 Å². The summed E-state index contributed by atoms with van der Waals surface area (Å²) in [6.45, 7) is 2.04. The number of benzene rings is 2. The SMILES string of the molecule is COc1ccc(C)cc1COC(=O)c1ccc(N2C(=O)CCC2=O)cc1. The van der Waals surface area contributed by atoms with Crippen molar-refractivity contribution in [1.82, 2.24) is 0 Å². The molecule has 2 aromatic rings. The maximum absolute atomic E-state index is 12.3. The highest BCUT2D eigenvalue weighted by atomic mass is 16.5. The van der Waals surface area contributed by atoms with Crippen LogP contribution in [0.2, 0.25) is 0 Å². The summed E-state index contributed by atoms with van der Waals surface area (Å²) in [6.07, 6.45) is 0.446. The van der Waals surface area contributed by atoms with E-state index in [1.165, 1.54) is 0 Å². The van der Waals surface area contributed by atoms with E-state index < -0.39 is 5.97 Å². The first kappa shape index (κ1) is 17.7. The largest absolute Gasteiger partial charge is 0.496 e. The Morgan fingerprint density at radius 1 is 1.04 bits per heavy atom. The zero-order chi connectivity index (χ0) is 18.7. The standard InChI is InChI=1S/C20H19NO5/c1-13-3-8-17(25-2)15(11-13)12-26-20(24)14-4-6-16(7-5-14)21-18(22)9-10-19(21)23/h3-8,11H,9-10,12H2,1-2H3. The zero-order valence-corrected chi connectivity index (χ0v) is 14.7. The lowest BCUT2D eigenvalue weighted by molar-refractivity contribution is -0.121. The van der Waals surface area contributed by atoms with Crippen molar-refractivity contribution in [2.75, 3.05) is 12.0 Å². The van der Waals surface area contributed by atoms with Crippen molar-refractivity contribution in [2.24, 2.45) is 0 Å². The molecule has 0 saturated carbocycles. The molecule has 0 N–H and O–H groups in total. The Balaban J connectivity index is 1.68. The Labute approximate surface area is 151 Å². The summed E-state index contributed by atoms with van der Waals surface area (Å²) in [5.74, 6) is -0.280. The second-order valence-electron chi connectivity index (χ2n) is 6.06. The molecule has 0 atom stereocenters. The molecule has 1 aliphatic rings. The summed E-state index contributed by atoms with van der Waals surface area (Å²) in [5.41, 5.74) is 2.64. The summed E-state index contributed by atoms with van der Waals surface area (Å²) in [6, 6.07) is 11.9. The molecule has 0 bridgehead atoms. The van der Waals surface area contributed by atoms with E-state index in [0.717, 1.165) is 16.0 Å². The van der Waals surface area contributed by atoms with Gasteiger partial charge in [0.25, 0.3) is 0 Å². The molecule has 26 heavy (non-hydrogen) atoms. The summed E-state index contributed by atoms with van der Waals surface area (Å²) >= 11 is 0. The highest BCUT2D eigenvalue weighted by molar-refractivity contribution is 6.19. The van der Waals surface area contributed by atoms with Gasteiger partial charge in [0.05, 0.1) is 18.4 Å². The number of imide groups is 1. The maximum atomic E-state index is 12.3. The van der Waals surface area contributed by atoms with Crippen LogP contribution < -0.4 is 9.64 Å². The average Bonchev–Trinajstić information content (AvgIpc) is 2.98. The van der Waals surface area contributed by atoms with Gasteiger partial charge in [0.15, 0.2) is 0 Å². The first-order valence-electron chi connectivity index (χ1n) is 8.26. The van der Waals surface area contributed by atoms with Gasteiger partial charge >= 0.3 is 5.97 Å². The molecule has 1 fully saturated rings. The van der Waals surface area contributed by atoms with Gasteiger partial charge in [-0.2, -0.15) is 0 Å². The lowest BCUT2D eigenvalue weighted by Crippen LogP contribution is -2.28. The van der Waals surface area contributed by atoms with Crippen LogP contribution in [0.25, 0.3) is 0 Å². The molecule has 3 rings (SSSR count). The molecule has 1 saturated heterocycles. The fourth-order valence-corrected chi connectivity index (χ4v) is 2.86. The number of methoxy groups -OCH3 is 1. The van der Waals surface area contributed by atoms with Crippen molar-refractivity contribution in [2.45, 2.75) is 26.4 Å². The second kappa shape index (κ2) is 7.39. The summed E-state index contributed by atoms with van der Waals surface area (Å²) in [5, 5.41) is 0. The topological polar surface area (TPSA) is 72.9 Å². The van der Waals surface area contributed by atoms with Crippen molar-refractivity contribution >= 4 is 23.5 Å². The third-order valence-corrected chi connectivity index (χ3v) is 4.21. The van der Waals surface area contributed by atoms with Crippen LogP contribution in [0.3, 0.4) is 0 Å². The lowest BCUT2D eigenvalue weighted by Gasteiger charge is -2.14. The average molecular weight is 353 g/mol. The van der Waals surface area contributed by atoms with Crippen molar-refractivity contribution < 1.29 is 23.9 Å². The van der Waals surface area contributed by atoms with E-state index in [1.54, 1.807) is 31.4 Å². The van der Waals surface area contributed by atoms with Crippen LogP contribution in [0.4, 0.5) is 5.69 Å². The highest BCUT2D eigenvalue weighted by Gasteiger charge is 2.30. The molecule has 2 aromatic carbocycles. The van der Waals surface area contributed by atoms with Crippen molar-refractivity contribution in [3.8, 4) is 5.75 Å². The van der Waals surface area contributed by atoms with Gasteiger partial charge in [-0.15, -0.1) is 0 Å². The number of hydrogen-bond acceptors (Lipinski definition) is 5. The van der Waals surface area contributed by atoms with E-state index in [-0.39, 0.29) is 31.3 Å². The van der Waals surface area contributed by atoms with Crippen molar-refractivity contribution in [3.05, 3.63) is 59.2 Å². The minimum atomic E-state index is -0.487. The number of ether oxygens (including phenoxy) is 2. The monoisotopic (exact) mass is 353 g/mol. The minimum absolute atomic E-state index is 0.0918. The van der Waals surface area contributed by atoms with E-state index in [2.05, 4.69) is 0 Å². The summed E-state index contributed by atoms with van der Waals surface area (Å²) in [4.78, 5) is 36.9. The van der Waals surface area contributed by atoms with Crippen LogP contribution in [0.5, 0.6) is 5.75 Å². The Morgan fingerprint density at radius 3 is 2.31 bits per heavy atom. The van der Waals surface area contributed by atoms with E-state index in [9.17, 15) is 14.4 Å². The molecular weight excluding hydrogens is 334 g/mol. The Kier molecular flexibility index (Phi) is 5.02. The predicted octanol–water partition coefficient (Wildman–Crippen LogP) is 3.01. The summed E-state index contributed by atoms with van der Waals surface area (Å²) < 4.78 is 10.6. The minimum Gasteiger partial charge on any atom is -0.496 e. The lowest BCUT2D eigenvalue weighted by atomic mass is 10.1. The highest BCUT2D eigenvalue weighted by Crippen LogP contribution is 2.24. The number of aryl methyl sites for hydroxylation is 1. The van der Waals surface area contributed by atoms with Gasteiger partial charge in [-0.1, -0.05) is 11.6 Å². The zero-order valence-electron chi connectivity index (χ0n) is 14.7. The van der Waals surface area contributed by atoms with Crippen molar-refractivity contribution in [3.63, 3.8) is 0 Å². The number of hydrogen-bond donors (Lipinski definition) is 0. The van der Waals surface area contributed by atoms with Crippen molar-refractivity contribution in [1.29, 1.82) is 0 Å². The molecule has 0 radical (unpaired) electrons. The molecule has 1 aliphatic heterocycles. The first-order chi connectivity index (χ1) is 12.5. The molecule has 1 heterocycles. The Bertz CT molecular complexity index is 841. The Hall–Kier alpha value is -3.15. The van der Waals surface area contributed by atoms with Crippen LogP contribution in [0, 0.1) is 6.92 Å². The van der Waals surface area contributed by atoms with Gasteiger partial charge in [0, 0.05) is 18.4 Å². The Morgan fingerprint density at radius 2 is 1.69 bits per heavy atom. The number of nitrogens with zero attached hydrogens (tertiary/aromatic N) is 1. The second-order valence-corrected chi connectivity index (χ2v) is 6.06. The fraction of sp³-hybridized carbons (Fsp3) is 0.250. The van der Waals surface area contributed by atoms with Gasteiger partial charge in [-0.25, -0.2) is 4.79 Å². The number of carbonyl (C=O) groups excluding carboxylic acids is 3. The van der Waals surface area contributed by atoms with E-state index >= 15 is 0 Å². The van der Waals surface area contributed by atoms with E-state index in [4.69, 9.17) is 9.47 Å². The van der Waals surface area contributed by atoms with Gasteiger partial charge in [-0.05, 0) is 43.3 Å². The maximum Gasteiger partial charge on any atom is 0.338 e. The van der Waals surface area contributed by atoms with Crippen LogP contribution >= 0.6 is 0 Å². The van der Waals surface area contributed by atoms with Gasteiger partial charge < -0.3 is 9.47 Å². The number of rotatable bonds is 5. The van der Waals surface area contributed by atoms with E-state index in [1.807, 2.05) is 25.1 Å². The van der Waals surface area contributed by atoms with Crippen LogP contribution in [-0.2, 0) is 20.9 Å². The number of amides is 2. The van der Waals surface area contributed by atoms with E-state index in [0.29, 0.717) is 17.0 Å². The molecule has 0 spiro atoms. The molecule has 0 unspecified atom stereocenters. The molecule has 0 aromatic heterocycles. The molecule has 134 valence electrons. The number of anilines is 1. The van der Waals surface area contributed by atoms with Gasteiger partial charge in [0.2, 0.25) is 11.8 Å². The quantitative estimate of drug-likeness (QED) is 0.610. The smallest absolute Gasteiger partial charge is 0.338 e. The molecule has 6 heteroatoms. The van der Waals surface area contributed by atoms with Crippen LogP contribution in [0.15, 0.2) is 42.5 Å². The normalized spacial score (nSPS) is 13.8. The van der Waals surface area contributed by atoms with Gasteiger partial charge in [0.1, 0.15) is 12.4 Å². The van der Waals surface area contributed by atoms with Gasteiger partial charge in [-0.3, -0.25) is 14.5 Å². The molecule has 6 nitrogen and oxygen atoms in total. The molecule has 0 aliphatic carbocycles. The molecule has 2 amide bonds. The third-order valence-electron chi connectivity index (χ3n) is 4.21. The first-order valence-corrected chi connectivity index (χ1v) is 8.26. The van der Waals surface area contributed by atoms with Crippen LogP contribution in [0.1, 0.15) is 34.3 Å². The molecular formula is C20H19NO5. The number of carbonyl (C=O) groups is 3. The number of esters is 1.